The summed E-state index contributed by atoms with van der Waals surface area (Å²) < 4.78 is 52.8. The predicted octanol–water partition coefficient (Wildman–Crippen LogP) is 36.2. The van der Waals surface area contributed by atoms with E-state index in [2.05, 4.69) is 147 Å². The number of rotatable bonds is 86. The standard InChI is InChI=1S/C124H188N6O10/c1-7-13-19-25-31-37-43-49-55-61-87-135-115-95-103(96-116(136-88-62-56-50-44-38-32-26-20-14-8-2)121(115)139-91-65-59-53-47-41-35-29-23-17-11-5)123(131)125-85-67-93-133-109-77-69-101(70-78-109)119-111-81-73-105(127-111)99-107-75-83-113(129-107)120(114-84-76-108(130-114)100-106-74-82-112(119)128-106)102-71-79-110(80-72-102)134-94-68-86-126-124(132)104-97-117(137-89-63-57-51-45-39-33-27-21-15-9-3)122(140-92-66-60-54-48-42-36-30-24-18-12-6)118(98-104)138-90-64-58-52-46-40-34-28-22-16-10-4/h69-84,95-100,127,130H,7-68,85-94H2,1-6H3,(H,125,131)(H,126,132). The van der Waals surface area contributed by atoms with Crippen LogP contribution in [0.4, 0.5) is 0 Å². The molecule has 140 heavy (non-hydrogen) atoms. The lowest BCUT2D eigenvalue weighted by molar-refractivity contribution is 0.0942. The number of hydrogen-bond donors (Lipinski definition) is 4. The number of H-pyrrole nitrogens is 2. The van der Waals surface area contributed by atoms with Crippen LogP contribution in [0.15, 0.2) is 109 Å². The van der Waals surface area contributed by atoms with Gasteiger partial charge in [0.2, 0.25) is 11.5 Å². The summed E-state index contributed by atoms with van der Waals surface area (Å²) in [6, 6.07) is 36.5. The van der Waals surface area contributed by atoms with Gasteiger partial charge in [-0.2, -0.15) is 0 Å². The lowest BCUT2D eigenvalue weighted by Crippen LogP contribution is -2.25. The van der Waals surface area contributed by atoms with Gasteiger partial charge in [-0.25, -0.2) is 9.97 Å². The molecule has 7 aromatic rings. The van der Waals surface area contributed by atoms with Gasteiger partial charge in [-0.1, -0.05) is 413 Å². The molecule has 4 aromatic carbocycles. The van der Waals surface area contributed by atoms with Crippen LogP contribution in [0.25, 0.3) is 68.6 Å². The van der Waals surface area contributed by atoms with E-state index in [1.807, 2.05) is 48.5 Å². The molecule has 16 nitrogen and oxygen atoms in total. The first-order valence-electron chi connectivity index (χ1n) is 57.4. The molecule has 4 N–H and O–H groups in total. The molecule has 2 aliphatic heterocycles. The molecule has 16 heteroatoms. The number of ether oxygens (including phenoxy) is 8. The molecule has 5 heterocycles. The fourth-order valence-electron chi connectivity index (χ4n) is 19.0. The van der Waals surface area contributed by atoms with Crippen molar-refractivity contribution in [3.63, 3.8) is 0 Å². The Balaban J connectivity index is 0.819. The van der Waals surface area contributed by atoms with E-state index in [9.17, 15) is 9.59 Å². The number of carbonyl (C=O) groups excluding carboxylic acids is 2. The van der Waals surface area contributed by atoms with Gasteiger partial charge >= 0.3 is 0 Å². The molecule has 0 atom stereocenters. The summed E-state index contributed by atoms with van der Waals surface area (Å²) in [7, 11) is 0. The number of nitrogens with one attached hydrogen (secondary N) is 4. The zero-order chi connectivity index (χ0) is 98.2. The number of unbranched alkanes of at least 4 members (excludes halogenated alkanes) is 54. The van der Waals surface area contributed by atoms with Crippen molar-refractivity contribution in [1.29, 1.82) is 0 Å². The van der Waals surface area contributed by atoms with E-state index in [1.54, 1.807) is 0 Å². The van der Waals surface area contributed by atoms with Gasteiger partial charge in [0.25, 0.3) is 11.8 Å². The SMILES string of the molecule is CCCCCCCCCCCCOc1cc(C(=O)NCCCOc2ccc(-c3c4nc(cc5ccc([nH]5)c(-c5ccc(OCCCNC(=O)c6cc(OCCCCCCCCCCCC)c(OCCCCCCCCCCCC)c(OCCCCCCCCCCCC)c6)cc5)c5nc(cc6ccc3[nH]6)C=C5)C=C4)cc2)cc(OCCCCCCCCCCCC)c1OCCCCCCCCCCCC. The van der Waals surface area contributed by atoms with Crippen molar-refractivity contribution in [1.82, 2.24) is 30.6 Å². The summed E-state index contributed by atoms with van der Waals surface area (Å²) in [5.41, 5.74) is 11.8. The van der Waals surface area contributed by atoms with Crippen LogP contribution in [0.1, 0.15) is 483 Å². The summed E-state index contributed by atoms with van der Waals surface area (Å²) in [6.07, 6.45) is 84.4. The Morgan fingerprint density at radius 2 is 0.471 bits per heavy atom. The lowest BCUT2D eigenvalue weighted by atomic mass is 10.0. The van der Waals surface area contributed by atoms with Crippen molar-refractivity contribution in [3.8, 4) is 68.2 Å². The summed E-state index contributed by atoms with van der Waals surface area (Å²) >= 11 is 0. The maximum absolute atomic E-state index is 14.3. The quantitative estimate of drug-likeness (QED) is 0.0264. The molecule has 774 valence electrons. The minimum Gasteiger partial charge on any atom is -0.494 e. The Hall–Kier alpha value is -9.18. The molecule has 3 aromatic heterocycles. The first kappa shape index (κ1) is 114. The van der Waals surface area contributed by atoms with Crippen LogP contribution in [-0.4, -0.2) is 97.7 Å². The molecule has 0 unspecified atom stereocenters. The van der Waals surface area contributed by atoms with Crippen LogP contribution in [-0.2, 0) is 0 Å². The first-order valence-corrected chi connectivity index (χ1v) is 57.4. The van der Waals surface area contributed by atoms with Crippen LogP contribution < -0.4 is 48.5 Å². The Labute approximate surface area is 848 Å². The van der Waals surface area contributed by atoms with E-state index in [0.717, 1.165) is 156 Å². The number of benzene rings is 4. The second-order valence-corrected chi connectivity index (χ2v) is 40.0. The van der Waals surface area contributed by atoms with Crippen molar-refractivity contribution in [2.45, 2.75) is 440 Å². The van der Waals surface area contributed by atoms with Gasteiger partial charge in [-0.3, -0.25) is 9.59 Å². The van der Waals surface area contributed by atoms with Crippen molar-refractivity contribution in [3.05, 3.63) is 143 Å². The maximum atomic E-state index is 14.3. The zero-order valence-electron chi connectivity index (χ0n) is 88.6. The van der Waals surface area contributed by atoms with E-state index < -0.39 is 0 Å². The van der Waals surface area contributed by atoms with Crippen molar-refractivity contribution >= 4 is 58.2 Å². The van der Waals surface area contributed by atoms with Crippen molar-refractivity contribution in [2.24, 2.45) is 0 Å². The van der Waals surface area contributed by atoms with E-state index in [0.29, 0.717) is 124 Å². The van der Waals surface area contributed by atoms with Gasteiger partial charge in [0.1, 0.15) is 11.5 Å². The Bertz CT molecular complexity index is 4290. The smallest absolute Gasteiger partial charge is 0.251 e. The molecule has 0 aliphatic carbocycles. The molecule has 8 bridgehead atoms. The van der Waals surface area contributed by atoms with Crippen LogP contribution in [0.3, 0.4) is 0 Å². The Kier molecular flexibility index (Phi) is 60.3. The molecule has 9 rings (SSSR count). The number of amides is 2. The number of fused-ring (bicyclic) bond motifs is 8. The summed E-state index contributed by atoms with van der Waals surface area (Å²) in [4.78, 5) is 46.6. The fourth-order valence-corrected chi connectivity index (χ4v) is 19.0. The summed E-state index contributed by atoms with van der Waals surface area (Å²) in [6.45, 7) is 18.7. The molecule has 2 amide bonds. The highest BCUT2D eigenvalue weighted by molar-refractivity contribution is 5.97. The number of aromatic amines is 2. The van der Waals surface area contributed by atoms with Gasteiger partial charge < -0.3 is 58.5 Å². The topological polar surface area (TPSA) is 189 Å². The third kappa shape index (κ3) is 46.5. The van der Waals surface area contributed by atoms with Crippen molar-refractivity contribution < 1.29 is 47.5 Å². The molecule has 0 radical (unpaired) electrons. The van der Waals surface area contributed by atoms with Crippen LogP contribution in [0, 0.1) is 0 Å². The second kappa shape index (κ2) is 73.8. The minimum absolute atomic E-state index is 0.177. The molecule has 0 saturated heterocycles. The average Bonchev–Trinajstić information content (AvgIpc) is 1.74. The Morgan fingerprint density at radius 1 is 0.243 bits per heavy atom. The molecule has 0 spiro atoms. The van der Waals surface area contributed by atoms with Crippen molar-refractivity contribution in [2.75, 3.05) is 65.9 Å². The van der Waals surface area contributed by atoms with Gasteiger partial charge in [0.15, 0.2) is 23.0 Å². The van der Waals surface area contributed by atoms with Gasteiger partial charge in [-0.05, 0) is 172 Å². The van der Waals surface area contributed by atoms with Crippen LogP contribution in [0.2, 0.25) is 0 Å². The molecular weight excluding hydrogens is 1730 g/mol. The molecular formula is C124H188N6O10. The second-order valence-electron chi connectivity index (χ2n) is 40.0. The largest absolute Gasteiger partial charge is 0.494 e. The first-order chi connectivity index (χ1) is 69.2. The third-order valence-corrected chi connectivity index (χ3v) is 27.5. The number of hydrogen-bond acceptors (Lipinski definition) is 12. The average molecular weight is 1920 g/mol. The number of nitrogens with zero attached hydrogens (tertiary/aromatic N) is 2. The van der Waals surface area contributed by atoms with Crippen LogP contribution >= 0.6 is 0 Å². The van der Waals surface area contributed by atoms with E-state index in [-0.39, 0.29) is 11.8 Å². The summed E-state index contributed by atoms with van der Waals surface area (Å²) in [5.74, 6) is 4.73. The highest BCUT2D eigenvalue weighted by atomic mass is 16.6. The minimum atomic E-state index is -0.177. The fraction of sp³-hybridized carbons (Fsp3) is 0.629. The Morgan fingerprint density at radius 3 is 0.721 bits per heavy atom. The molecule has 0 fully saturated rings. The maximum Gasteiger partial charge on any atom is 0.251 e. The highest BCUT2D eigenvalue weighted by Crippen LogP contribution is 2.43. The predicted molar refractivity (Wildman–Crippen MR) is 592 cm³/mol. The van der Waals surface area contributed by atoms with Gasteiger partial charge in [0.05, 0.1) is 75.6 Å². The highest BCUT2D eigenvalue weighted by Gasteiger charge is 2.24. The van der Waals surface area contributed by atoms with Crippen LogP contribution in [0.5, 0.6) is 46.0 Å². The normalized spacial score (nSPS) is 11.7. The van der Waals surface area contributed by atoms with E-state index >= 15 is 0 Å². The van der Waals surface area contributed by atoms with Gasteiger partial charge in [-0.15, -0.1) is 0 Å². The molecule has 0 saturated carbocycles. The summed E-state index contributed by atoms with van der Waals surface area (Å²) in [5, 5.41) is 6.41. The monoisotopic (exact) mass is 1920 g/mol. The number of carbonyl (C=O) groups is 2. The van der Waals surface area contributed by atoms with E-state index in [1.165, 1.54) is 308 Å². The lowest BCUT2D eigenvalue weighted by Gasteiger charge is -2.19. The van der Waals surface area contributed by atoms with E-state index in [4.69, 9.17) is 47.9 Å². The third-order valence-electron chi connectivity index (χ3n) is 27.5. The molecule has 2 aliphatic rings. The zero-order valence-corrected chi connectivity index (χ0v) is 88.6. The van der Waals surface area contributed by atoms with Gasteiger partial charge in [0, 0.05) is 57.4 Å². The number of aromatic nitrogens is 4.